The van der Waals surface area contributed by atoms with Crippen LogP contribution in [0.4, 0.5) is 19.7 Å². The molecule has 3 saturated heterocycles. The van der Waals surface area contributed by atoms with Gasteiger partial charge in [0, 0.05) is 25.8 Å². The molecule has 8 rings (SSSR count). The first-order valence-electron chi connectivity index (χ1n) is 22.1. The average molecular weight is 875 g/mol. The zero-order valence-corrected chi connectivity index (χ0v) is 37.0. The summed E-state index contributed by atoms with van der Waals surface area (Å²) >= 11 is 0. The van der Waals surface area contributed by atoms with Crippen LogP contribution in [0.3, 0.4) is 0 Å². The molecule has 0 saturated carbocycles. The zero-order chi connectivity index (χ0) is 45.6. The van der Waals surface area contributed by atoms with Crippen molar-refractivity contribution < 1.29 is 33.4 Å². The molecule has 0 bridgehead atoms. The number of carbonyl (C=O) groups is 4. The number of anilines is 1. The van der Waals surface area contributed by atoms with E-state index in [1.165, 1.54) is 26.3 Å². The number of aromatic amines is 2. The third-order valence-electron chi connectivity index (χ3n) is 13.3. The van der Waals surface area contributed by atoms with E-state index in [0.29, 0.717) is 43.3 Å². The Bertz CT molecular complexity index is 2640. The van der Waals surface area contributed by atoms with Crippen LogP contribution in [0, 0.1) is 29.0 Å². The lowest BCUT2D eigenvalue weighted by Crippen LogP contribution is -2.51. The molecule has 17 heteroatoms. The predicted molar refractivity (Wildman–Crippen MR) is 236 cm³/mol. The number of carboxylic acid groups (broad SMARTS) is 1. The number of imidazole rings is 2. The monoisotopic (exact) mass is 874 g/mol. The van der Waals surface area contributed by atoms with E-state index in [0.717, 1.165) is 63.8 Å². The van der Waals surface area contributed by atoms with Gasteiger partial charge in [-0.2, -0.15) is 5.26 Å². The number of likely N-dealkylation sites (tertiary alicyclic amines) is 2. The lowest BCUT2D eigenvalue weighted by Gasteiger charge is -2.33. The Balaban J connectivity index is 1.09. The molecule has 3 aliphatic rings. The van der Waals surface area contributed by atoms with E-state index in [2.05, 4.69) is 32.3 Å². The van der Waals surface area contributed by atoms with Crippen molar-refractivity contribution in [2.75, 3.05) is 32.1 Å². The van der Waals surface area contributed by atoms with E-state index in [1.54, 1.807) is 15.9 Å². The highest BCUT2D eigenvalue weighted by atomic mass is 19.1. The molecule has 0 radical (unpaired) electrons. The number of aromatic nitrogens is 4. The lowest BCUT2D eigenvalue weighted by atomic mass is 10.0. The van der Waals surface area contributed by atoms with Crippen LogP contribution in [0.5, 0.6) is 0 Å². The van der Waals surface area contributed by atoms with E-state index in [4.69, 9.17) is 14.7 Å². The molecule has 5 aromatic rings. The molecule has 6 atom stereocenters. The number of ether oxygens (including phenoxy) is 1. The Hall–Kier alpha value is -6.70. The van der Waals surface area contributed by atoms with Crippen LogP contribution in [0.15, 0.2) is 54.6 Å². The molecule has 64 heavy (non-hydrogen) atoms. The number of hydrogen-bond acceptors (Lipinski definition) is 9. The number of fused-ring (bicyclic) bond motifs is 2. The van der Waals surface area contributed by atoms with Crippen molar-refractivity contribution in [2.45, 2.75) is 102 Å². The highest BCUT2D eigenvalue weighted by Crippen LogP contribution is 2.48. The number of halogens is 1. The summed E-state index contributed by atoms with van der Waals surface area (Å²) in [6, 6.07) is 16.2. The van der Waals surface area contributed by atoms with Crippen LogP contribution in [-0.2, 0) is 14.3 Å². The smallest absolute Gasteiger partial charge is 0.407 e. The predicted octanol–water partition coefficient (Wildman–Crippen LogP) is 7.87. The maximum atomic E-state index is 15.4. The van der Waals surface area contributed by atoms with E-state index >= 15 is 4.39 Å². The Morgan fingerprint density at radius 2 is 1.36 bits per heavy atom. The molecule has 0 aliphatic carbocycles. The molecule has 5 heterocycles. The normalized spacial score (nSPS) is 20.9. The first-order valence-corrected chi connectivity index (χ1v) is 22.1. The van der Waals surface area contributed by atoms with Gasteiger partial charge in [-0.3, -0.25) is 14.5 Å². The third kappa shape index (κ3) is 8.17. The fourth-order valence-corrected chi connectivity index (χ4v) is 10.1. The van der Waals surface area contributed by atoms with Crippen LogP contribution in [0.25, 0.3) is 22.1 Å². The van der Waals surface area contributed by atoms with Gasteiger partial charge in [0.2, 0.25) is 11.8 Å². The largest absolute Gasteiger partial charge is 0.465 e. The fraction of sp³-hybridized carbons (Fsp3) is 0.468. The van der Waals surface area contributed by atoms with Gasteiger partial charge in [-0.05, 0) is 104 Å². The number of nitrogens with one attached hydrogen (secondary N) is 3. The molecule has 16 nitrogen and oxygen atoms in total. The Morgan fingerprint density at radius 1 is 0.812 bits per heavy atom. The van der Waals surface area contributed by atoms with E-state index < -0.39 is 30.1 Å². The van der Waals surface area contributed by atoms with Crippen molar-refractivity contribution in [3.63, 3.8) is 0 Å². The van der Waals surface area contributed by atoms with Crippen molar-refractivity contribution in [1.29, 1.82) is 5.26 Å². The van der Waals surface area contributed by atoms with E-state index in [9.17, 15) is 29.5 Å². The van der Waals surface area contributed by atoms with Gasteiger partial charge >= 0.3 is 12.2 Å². The maximum Gasteiger partial charge on any atom is 0.407 e. The van der Waals surface area contributed by atoms with Crippen molar-refractivity contribution in [3.8, 4) is 6.07 Å². The summed E-state index contributed by atoms with van der Waals surface area (Å²) in [6.45, 7) is 8.49. The molecular weight excluding hydrogens is 820 g/mol. The number of nitrogens with zero attached hydrogens (tertiary/aromatic N) is 7. The summed E-state index contributed by atoms with van der Waals surface area (Å²) in [5, 5.41) is 22.0. The molecule has 3 fully saturated rings. The first kappa shape index (κ1) is 43.9. The van der Waals surface area contributed by atoms with Crippen LogP contribution >= 0.6 is 0 Å². The summed E-state index contributed by atoms with van der Waals surface area (Å²) < 4.78 is 20.2. The Morgan fingerprint density at radius 3 is 1.83 bits per heavy atom. The average Bonchev–Trinajstić information content (AvgIpc) is 4.12. The minimum Gasteiger partial charge on any atom is -0.465 e. The molecule has 2 aromatic heterocycles. The van der Waals surface area contributed by atoms with Crippen LogP contribution in [0.1, 0.15) is 119 Å². The van der Waals surface area contributed by atoms with Gasteiger partial charge in [0.15, 0.2) is 0 Å². The highest BCUT2D eigenvalue weighted by Gasteiger charge is 2.41. The summed E-state index contributed by atoms with van der Waals surface area (Å²) in [4.78, 5) is 75.4. The van der Waals surface area contributed by atoms with Gasteiger partial charge in [0.1, 0.15) is 35.6 Å². The highest BCUT2D eigenvalue weighted by molar-refractivity contribution is 5.87. The van der Waals surface area contributed by atoms with E-state index in [1.807, 2.05) is 58.0 Å². The topological polar surface area (TPSA) is 204 Å². The number of carbonyl (C=O) groups excluding carboxylic acids is 3. The third-order valence-corrected chi connectivity index (χ3v) is 13.3. The molecule has 0 unspecified atom stereocenters. The van der Waals surface area contributed by atoms with Gasteiger partial charge in [-0.1, -0.05) is 39.8 Å². The van der Waals surface area contributed by atoms with Gasteiger partial charge < -0.3 is 39.8 Å². The summed E-state index contributed by atoms with van der Waals surface area (Å²) in [5.74, 6) is -0.109. The van der Waals surface area contributed by atoms with E-state index in [-0.39, 0.29) is 53.4 Å². The van der Waals surface area contributed by atoms with Gasteiger partial charge in [-0.25, -0.2) is 23.9 Å². The summed E-state index contributed by atoms with van der Waals surface area (Å²) in [7, 11) is 2.70. The number of alkyl carbamates (subject to hydrolysis) is 1. The number of amides is 4. The quantitative estimate of drug-likeness (QED) is 0.101. The number of rotatable bonds is 11. The molecule has 3 aromatic carbocycles. The molecular formula is C47H55FN10O6. The molecule has 4 N–H and O–H groups in total. The van der Waals surface area contributed by atoms with Crippen LogP contribution in [0.2, 0.25) is 0 Å². The standard InChI is InChI=1S/C47H55FN10O6/c1-25(2)40(54-46(61)64-6)44(59)56-19-7-9-38(56)42-50-32-15-12-27(21-34(32)52-42)36-17-18-37(58(36)30-14-11-29(24-49)31(48)23-30)28-13-16-33-35(22-28)53-43(51-33)39-10-8-20-57(39)45(60)41(26(3)4)55(5)47(62)63/h11-16,21-23,25-26,36-41H,7-10,17-20H2,1-6H3,(H,50,52)(H,51,53)(H,54,61)(H,62,63)/t36-,37-,38+,39+,40+,41+/m1/s1. The van der Waals surface area contributed by atoms with Crippen molar-refractivity contribution in [3.05, 3.63) is 88.8 Å². The number of H-pyrrole nitrogens is 2. The Labute approximate surface area is 370 Å². The second-order valence-electron chi connectivity index (χ2n) is 17.9. The van der Waals surface area contributed by atoms with Gasteiger partial charge in [-0.15, -0.1) is 0 Å². The molecule has 4 amide bonds. The summed E-state index contributed by atoms with van der Waals surface area (Å²) in [5.41, 5.74) is 5.62. The fourth-order valence-electron chi connectivity index (χ4n) is 10.1. The number of nitriles is 1. The Kier molecular flexibility index (Phi) is 12.2. The second-order valence-corrected chi connectivity index (χ2v) is 17.9. The number of likely N-dealkylation sites (N-methyl/N-ethyl adjacent to an activating group) is 1. The van der Waals surface area contributed by atoms with Crippen LogP contribution in [-0.4, -0.2) is 103 Å². The van der Waals surface area contributed by atoms with Gasteiger partial charge in [0.05, 0.1) is 58.9 Å². The maximum absolute atomic E-state index is 15.4. The summed E-state index contributed by atoms with van der Waals surface area (Å²) in [6.07, 6.45) is 2.61. The van der Waals surface area contributed by atoms with Crippen molar-refractivity contribution in [2.24, 2.45) is 11.8 Å². The number of benzene rings is 3. The first-order chi connectivity index (χ1) is 30.7. The molecule has 0 spiro atoms. The lowest BCUT2D eigenvalue weighted by molar-refractivity contribution is -0.138. The minimum absolute atomic E-state index is 0.0390. The number of methoxy groups -OCH3 is 1. The molecule has 3 aliphatic heterocycles. The second kappa shape index (κ2) is 17.8. The SMILES string of the molecule is COC(=O)N[C@H](C(=O)N1CCC[C@H]1c1nc2ccc([C@H]3CC[C@H](c4ccc5nc([C@@H]6CCCN6C(=O)[C@H](C(C)C)N(C)C(=O)O)[nH]c5c4)N3c3ccc(C#N)c(F)c3)cc2[nH]1)C(C)C. The zero-order valence-electron chi connectivity index (χ0n) is 37.0. The van der Waals surface area contributed by atoms with Crippen molar-refractivity contribution in [1.82, 2.24) is 40.0 Å². The molecule has 336 valence electrons. The number of hydrogen-bond donors (Lipinski definition) is 4. The van der Waals surface area contributed by atoms with Gasteiger partial charge in [0.25, 0.3) is 0 Å². The van der Waals surface area contributed by atoms with Crippen LogP contribution < -0.4 is 10.2 Å². The van der Waals surface area contributed by atoms with Crippen molar-refractivity contribution >= 4 is 51.8 Å². The minimum atomic E-state index is -1.16.